The molecule has 1 aromatic rings. The Bertz CT molecular complexity index is 369. The number of ether oxygens (including phenoxy) is 1. The number of nitrogens with one attached hydrogen (secondary N) is 1. The van der Waals surface area contributed by atoms with Crippen molar-refractivity contribution in [1.82, 2.24) is 15.2 Å². The second-order valence-corrected chi connectivity index (χ2v) is 5.62. The molecule has 0 radical (unpaired) electrons. The van der Waals surface area contributed by atoms with E-state index in [4.69, 9.17) is 4.74 Å². The standard InChI is InChI=1S/C13H20BrN3O/c1-11(10-17-2-4-18-5-3-17)16-8-12-6-13(14)9-15-7-12/h6-7,9,11,16H,2-5,8,10H2,1H3. The highest BCUT2D eigenvalue weighted by Gasteiger charge is 2.13. The normalized spacial score (nSPS) is 18.8. The predicted molar refractivity (Wildman–Crippen MR) is 75.5 cm³/mol. The topological polar surface area (TPSA) is 37.4 Å². The molecule has 4 nitrogen and oxygen atoms in total. The average molecular weight is 314 g/mol. The van der Waals surface area contributed by atoms with E-state index in [2.05, 4.69) is 44.1 Å². The van der Waals surface area contributed by atoms with Crippen molar-refractivity contribution in [2.45, 2.75) is 19.5 Å². The van der Waals surface area contributed by atoms with Crippen LogP contribution in [0.4, 0.5) is 0 Å². The molecule has 1 aliphatic rings. The number of hydrogen-bond acceptors (Lipinski definition) is 4. The Hall–Kier alpha value is -0.490. The highest BCUT2D eigenvalue weighted by atomic mass is 79.9. The van der Waals surface area contributed by atoms with Gasteiger partial charge in [0.05, 0.1) is 13.2 Å². The maximum Gasteiger partial charge on any atom is 0.0594 e. The zero-order chi connectivity index (χ0) is 12.8. The minimum absolute atomic E-state index is 0.474. The summed E-state index contributed by atoms with van der Waals surface area (Å²) in [5.41, 5.74) is 1.21. The number of aromatic nitrogens is 1. The van der Waals surface area contributed by atoms with E-state index in [9.17, 15) is 0 Å². The summed E-state index contributed by atoms with van der Waals surface area (Å²) in [6, 6.07) is 2.57. The molecule has 0 bridgehead atoms. The molecule has 0 aliphatic carbocycles. The number of pyridine rings is 1. The van der Waals surface area contributed by atoms with Crippen LogP contribution in [-0.2, 0) is 11.3 Å². The van der Waals surface area contributed by atoms with Gasteiger partial charge in [-0.1, -0.05) is 0 Å². The smallest absolute Gasteiger partial charge is 0.0594 e. The molecule has 0 saturated carbocycles. The fourth-order valence-electron chi connectivity index (χ4n) is 2.08. The summed E-state index contributed by atoms with van der Waals surface area (Å²) in [6.45, 7) is 7.98. The van der Waals surface area contributed by atoms with E-state index >= 15 is 0 Å². The van der Waals surface area contributed by atoms with Gasteiger partial charge in [0.2, 0.25) is 0 Å². The summed E-state index contributed by atoms with van der Waals surface area (Å²) < 4.78 is 6.38. The lowest BCUT2D eigenvalue weighted by Crippen LogP contribution is -2.44. The van der Waals surface area contributed by atoms with Gasteiger partial charge < -0.3 is 10.1 Å². The van der Waals surface area contributed by atoms with Crippen LogP contribution in [0.25, 0.3) is 0 Å². The van der Waals surface area contributed by atoms with E-state index in [0.717, 1.165) is 43.9 Å². The van der Waals surface area contributed by atoms with Gasteiger partial charge in [-0.3, -0.25) is 9.88 Å². The largest absolute Gasteiger partial charge is 0.379 e. The molecule has 1 fully saturated rings. The first kappa shape index (κ1) is 13.9. The zero-order valence-corrected chi connectivity index (χ0v) is 12.3. The maximum absolute atomic E-state index is 5.35. The molecule has 2 rings (SSSR count). The van der Waals surface area contributed by atoms with E-state index in [1.54, 1.807) is 6.20 Å². The summed E-state index contributed by atoms with van der Waals surface area (Å²) in [4.78, 5) is 6.61. The molecule has 0 spiro atoms. The lowest BCUT2D eigenvalue weighted by atomic mass is 10.2. The van der Waals surface area contributed by atoms with Gasteiger partial charge in [0.15, 0.2) is 0 Å². The van der Waals surface area contributed by atoms with Gasteiger partial charge in [-0.25, -0.2) is 0 Å². The molecule has 1 N–H and O–H groups in total. The van der Waals surface area contributed by atoms with Crippen molar-refractivity contribution >= 4 is 15.9 Å². The molecular formula is C13H20BrN3O. The Morgan fingerprint density at radius 1 is 1.44 bits per heavy atom. The molecule has 1 aromatic heterocycles. The van der Waals surface area contributed by atoms with Crippen molar-refractivity contribution in [1.29, 1.82) is 0 Å². The maximum atomic E-state index is 5.35. The summed E-state index contributed by atoms with van der Waals surface area (Å²) in [5, 5.41) is 3.53. The van der Waals surface area contributed by atoms with E-state index in [0.29, 0.717) is 6.04 Å². The number of rotatable bonds is 5. The van der Waals surface area contributed by atoms with Crippen molar-refractivity contribution in [2.75, 3.05) is 32.8 Å². The molecule has 1 aliphatic heterocycles. The highest BCUT2D eigenvalue weighted by molar-refractivity contribution is 9.10. The van der Waals surface area contributed by atoms with Crippen LogP contribution in [0.3, 0.4) is 0 Å². The van der Waals surface area contributed by atoms with E-state index in [-0.39, 0.29) is 0 Å². The first-order valence-corrected chi connectivity index (χ1v) is 7.16. The summed E-state index contributed by atoms with van der Waals surface area (Å²) in [7, 11) is 0. The van der Waals surface area contributed by atoms with Crippen molar-refractivity contribution in [2.24, 2.45) is 0 Å². The molecule has 1 unspecified atom stereocenters. The van der Waals surface area contributed by atoms with Crippen LogP contribution < -0.4 is 5.32 Å². The molecule has 1 saturated heterocycles. The molecule has 5 heteroatoms. The van der Waals surface area contributed by atoms with Gasteiger partial charge >= 0.3 is 0 Å². The van der Waals surface area contributed by atoms with Crippen LogP contribution in [-0.4, -0.2) is 48.8 Å². The Morgan fingerprint density at radius 3 is 2.94 bits per heavy atom. The molecule has 1 atom stereocenters. The third-order valence-corrected chi connectivity index (χ3v) is 3.49. The highest BCUT2D eigenvalue weighted by Crippen LogP contribution is 2.09. The third kappa shape index (κ3) is 4.65. The van der Waals surface area contributed by atoms with Crippen LogP contribution in [0.2, 0.25) is 0 Å². The predicted octanol–water partition coefficient (Wildman–Crippen LogP) is 1.65. The monoisotopic (exact) mass is 313 g/mol. The molecular weight excluding hydrogens is 294 g/mol. The van der Waals surface area contributed by atoms with Crippen LogP contribution >= 0.6 is 15.9 Å². The molecule has 0 aromatic carbocycles. The third-order valence-electron chi connectivity index (χ3n) is 3.05. The molecule has 100 valence electrons. The Morgan fingerprint density at radius 2 is 2.22 bits per heavy atom. The fourth-order valence-corrected chi connectivity index (χ4v) is 2.49. The average Bonchev–Trinajstić information content (AvgIpc) is 2.38. The van der Waals surface area contributed by atoms with Crippen molar-refractivity contribution in [3.05, 3.63) is 28.5 Å². The van der Waals surface area contributed by atoms with Gasteiger partial charge in [0, 0.05) is 49.1 Å². The fraction of sp³-hybridized carbons (Fsp3) is 0.615. The molecule has 18 heavy (non-hydrogen) atoms. The quantitative estimate of drug-likeness (QED) is 0.897. The van der Waals surface area contributed by atoms with Gasteiger partial charge in [-0.15, -0.1) is 0 Å². The summed E-state index contributed by atoms with van der Waals surface area (Å²) in [6.07, 6.45) is 3.71. The van der Waals surface area contributed by atoms with Crippen LogP contribution in [0.1, 0.15) is 12.5 Å². The van der Waals surface area contributed by atoms with Gasteiger partial charge in [-0.2, -0.15) is 0 Å². The first-order chi connectivity index (χ1) is 8.74. The summed E-state index contributed by atoms with van der Waals surface area (Å²) in [5.74, 6) is 0. The van der Waals surface area contributed by atoms with Crippen LogP contribution in [0.5, 0.6) is 0 Å². The second-order valence-electron chi connectivity index (χ2n) is 4.71. The van der Waals surface area contributed by atoms with Crippen LogP contribution in [0, 0.1) is 0 Å². The number of halogens is 1. The zero-order valence-electron chi connectivity index (χ0n) is 10.7. The molecule has 0 amide bonds. The summed E-state index contributed by atoms with van der Waals surface area (Å²) >= 11 is 3.44. The molecule has 2 heterocycles. The van der Waals surface area contributed by atoms with E-state index in [1.165, 1.54) is 5.56 Å². The van der Waals surface area contributed by atoms with E-state index in [1.807, 2.05) is 6.20 Å². The minimum atomic E-state index is 0.474. The Labute approximate surface area is 117 Å². The Kier molecular flexibility index (Phi) is 5.56. The van der Waals surface area contributed by atoms with Gasteiger partial charge in [0.25, 0.3) is 0 Å². The Balaban J connectivity index is 1.72. The lowest BCUT2D eigenvalue weighted by Gasteiger charge is -2.29. The van der Waals surface area contributed by atoms with Gasteiger partial charge in [0.1, 0.15) is 0 Å². The number of nitrogens with zero attached hydrogens (tertiary/aromatic N) is 2. The number of hydrogen-bond donors (Lipinski definition) is 1. The SMILES string of the molecule is CC(CN1CCOCC1)NCc1cncc(Br)c1. The van der Waals surface area contributed by atoms with Crippen molar-refractivity contribution in [3.63, 3.8) is 0 Å². The minimum Gasteiger partial charge on any atom is -0.379 e. The van der Waals surface area contributed by atoms with Crippen LogP contribution in [0.15, 0.2) is 22.9 Å². The van der Waals surface area contributed by atoms with Crippen molar-refractivity contribution in [3.8, 4) is 0 Å². The first-order valence-electron chi connectivity index (χ1n) is 6.37. The van der Waals surface area contributed by atoms with Gasteiger partial charge in [-0.05, 0) is 34.5 Å². The lowest BCUT2D eigenvalue weighted by molar-refractivity contribution is 0.0343. The number of morpholine rings is 1. The van der Waals surface area contributed by atoms with E-state index < -0.39 is 0 Å². The van der Waals surface area contributed by atoms with Crippen molar-refractivity contribution < 1.29 is 4.74 Å². The second kappa shape index (κ2) is 7.19.